The lowest BCUT2D eigenvalue weighted by Crippen LogP contribution is -2.23. The van der Waals surface area contributed by atoms with Gasteiger partial charge in [-0.1, -0.05) is 49.3 Å². The van der Waals surface area contributed by atoms with Crippen LogP contribution in [0.1, 0.15) is 31.3 Å². The van der Waals surface area contributed by atoms with Gasteiger partial charge < -0.3 is 5.73 Å². The highest BCUT2D eigenvalue weighted by atomic mass is 35.5. The highest BCUT2D eigenvalue weighted by Crippen LogP contribution is 2.27. The minimum absolute atomic E-state index is 0.180. The first-order valence-corrected chi connectivity index (χ1v) is 8.10. The Morgan fingerprint density at radius 1 is 1.24 bits per heavy atom. The van der Waals surface area contributed by atoms with Crippen molar-refractivity contribution in [2.45, 2.75) is 25.0 Å². The summed E-state index contributed by atoms with van der Waals surface area (Å²) >= 11 is 7.54. The molecule has 0 fully saturated rings. The molecule has 1 aromatic carbocycles. The zero-order valence-corrected chi connectivity index (χ0v) is 13.4. The van der Waals surface area contributed by atoms with Crippen LogP contribution in [0.5, 0.6) is 0 Å². The molecule has 1 aliphatic heterocycles. The highest BCUT2D eigenvalue weighted by molar-refractivity contribution is 7.99. The molecule has 0 spiro atoms. The molecule has 1 aromatic heterocycles. The van der Waals surface area contributed by atoms with Crippen molar-refractivity contribution in [1.82, 2.24) is 14.9 Å². The van der Waals surface area contributed by atoms with E-state index in [1.807, 2.05) is 24.3 Å². The number of benzene rings is 1. The Hall–Kier alpha value is -1.37. The molecule has 2 heterocycles. The van der Waals surface area contributed by atoms with Crippen molar-refractivity contribution < 1.29 is 0 Å². The largest absolute Gasteiger partial charge is 0.321 e. The van der Waals surface area contributed by atoms with Crippen LogP contribution in [0.25, 0.3) is 0 Å². The number of fused-ring (bicyclic) bond motifs is 1. The number of nitrogens with two attached hydrogens (primary N) is 1. The number of rotatable bonds is 3. The van der Waals surface area contributed by atoms with E-state index in [0.717, 1.165) is 27.2 Å². The summed E-state index contributed by atoms with van der Waals surface area (Å²) in [6, 6.07) is 7.50. The summed E-state index contributed by atoms with van der Waals surface area (Å²) in [5.41, 5.74) is 8.22. The Morgan fingerprint density at radius 2 is 1.95 bits per heavy atom. The predicted octanol–water partition coefficient (Wildman–Crippen LogP) is 2.95. The normalized spacial score (nSPS) is 15.8. The summed E-state index contributed by atoms with van der Waals surface area (Å²) in [7, 11) is 0. The monoisotopic (exact) mass is 321 g/mol. The van der Waals surface area contributed by atoms with E-state index in [1.54, 1.807) is 16.4 Å². The van der Waals surface area contributed by atoms with Crippen molar-refractivity contribution in [3.8, 4) is 0 Å². The number of hydrogen-bond donors (Lipinski definition) is 1. The van der Waals surface area contributed by atoms with Crippen LogP contribution in [0.2, 0.25) is 5.02 Å². The van der Waals surface area contributed by atoms with Crippen molar-refractivity contribution >= 4 is 29.1 Å². The maximum Gasteiger partial charge on any atom is 0.212 e. The molecule has 0 aliphatic carbocycles. The van der Waals surface area contributed by atoms with Crippen LogP contribution in [-0.4, -0.2) is 26.3 Å². The van der Waals surface area contributed by atoms with Crippen LogP contribution in [0.15, 0.2) is 34.5 Å². The van der Waals surface area contributed by atoms with Gasteiger partial charge in [0.15, 0.2) is 5.82 Å². The molecule has 0 amide bonds. The van der Waals surface area contributed by atoms with E-state index in [1.165, 1.54) is 0 Å². The zero-order chi connectivity index (χ0) is 15.0. The smallest absolute Gasteiger partial charge is 0.212 e. The third-order valence-corrected chi connectivity index (χ3v) is 4.57. The molecule has 2 N–H and O–H groups in total. The maximum atomic E-state index is 6.19. The maximum absolute atomic E-state index is 6.19. The van der Waals surface area contributed by atoms with Crippen LogP contribution in [-0.2, 0) is 0 Å². The third-order valence-electron chi connectivity index (χ3n) is 3.39. The second-order valence-electron chi connectivity index (χ2n) is 5.26. The molecular formula is C14H16ClN5S. The number of halogens is 1. The van der Waals surface area contributed by atoms with Gasteiger partial charge in [0, 0.05) is 10.8 Å². The van der Waals surface area contributed by atoms with Gasteiger partial charge in [0.2, 0.25) is 5.16 Å². The second kappa shape index (κ2) is 5.79. The Labute approximate surface area is 132 Å². The molecule has 21 heavy (non-hydrogen) atoms. The molecule has 2 aromatic rings. The Bertz CT molecular complexity index is 677. The van der Waals surface area contributed by atoms with Crippen molar-refractivity contribution in [3.63, 3.8) is 0 Å². The fourth-order valence-corrected chi connectivity index (χ4v) is 3.00. The van der Waals surface area contributed by atoms with Gasteiger partial charge in [-0.3, -0.25) is 0 Å². The first kappa shape index (κ1) is 14.6. The van der Waals surface area contributed by atoms with Crippen LogP contribution in [0.3, 0.4) is 0 Å². The van der Waals surface area contributed by atoms with Crippen molar-refractivity contribution in [3.05, 3.63) is 40.7 Å². The number of thioether (sulfide) groups is 1. The molecule has 0 saturated carbocycles. The average Bonchev–Trinajstić information content (AvgIpc) is 2.90. The Balaban J connectivity index is 2.00. The number of hydrogen-bond acceptors (Lipinski definition) is 5. The van der Waals surface area contributed by atoms with E-state index in [0.29, 0.717) is 5.82 Å². The Kier molecular flexibility index (Phi) is 4.01. The molecule has 0 radical (unpaired) electrons. The fraction of sp³-hybridized carbons (Fsp3) is 0.357. The van der Waals surface area contributed by atoms with Gasteiger partial charge >= 0.3 is 0 Å². The van der Waals surface area contributed by atoms with Gasteiger partial charge in [0.25, 0.3) is 0 Å². The van der Waals surface area contributed by atoms with Crippen LogP contribution in [0.4, 0.5) is 0 Å². The van der Waals surface area contributed by atoms with E-state index < -0.39 is 0 Å². The molecule has 0 unspecified atom stereocenters. The lowest BCUT2D eigenvalue weighted by Gasteiger charge is -2.18. The van der Waals surface area contributed by atoms with E-state index in [9.17, 15) is 0 Å². The van der Waals surface area contributed by atoms with Gasteiger partial charge in [-0.25, -0.2) is 0 Å². The molecule has 0 bridgehead atoms. The Morgan fingerprint density at radius 3 is 2.62 bits per heavy atom. The standard InChI is InChI=1S/C14H16ClN5S/c1-8(2)12(16)13-17-18-14-20(13)19-11(7-21-14)9-3-5-10(15)6-4-9/h3-6,8,12H,7,16H2,1-2H3/t12-/m1/s1. The first-order valence-electron chi connectivity index (χ1n) is 6.73. The van der Waals surface area contributed by atoms with Gasteiger partial charge in [0.05, 0.1) is 11.8 Å². The fourth-order valence-electron chi connectivity index (χ4n) is 2.03. The quantitative estimate of drug-likeness (QED) is 0.943. The predicted molar refractivity (Wildman–Crippen MR) is 85.9 cm³/mol. The van der Waals surface area contributed by atoms with Gasteiger partial charge in [-0.15, -0.1) is 10.2 Å². The van der Waals surface area contributed by atoms with E-state index >= 15 is 0 Å². The zero-order valence-electron chi connectivity index (χ0n) is 11.8. The molecule has 0 saturated heterocycles. The first-order chi connectivity index (χ1) is 10.1. The van der Waals surface area contributed by atoms with Crippen LogP contribution < -0.4 is 5.73 Å². The summed E-state index contributed by atoms with van der Waals surface area (Å²) < 4.78 is 1.77. The molecule has 1 aliphatic rings. The minimum atomic E-state index is -0.180. The van der Waals surface area contributed by atoms with Crippen LogP contribution >= 0.6 is 23.4 Å². The summed E-state index contributed by atoms with van der Waals surface area (Å²) in [6.07, 6.45) is 0. The van der Waals surface area contributed by atoms with Gasteiger partial charge in [-0.05, 0) is 23.6 Å². The van der Waals surface area contributed by atoms with Crippen LogP contribution in [0, 0.1) is 5.92 Å². The molecule has 110 valence electrons. The summed E-state index contributed by atoms with van der Waals surface area (Å²) in [4.78, 5) is 0. The highest BCUT2D eigenvalue weighted by Gasteiger charge is 2.24. The molecule has 3 rings (SSSR count). The number of aromatic nitrogens is 3. The summed E-state index contributed by atoms with van der Waals surface area (Å²) in [5.74, 6) is 1.74. The molecule has 7 heteroatoms. The average molecular weight is 322 g/mol. The van der Waals surface area contributed by atoms with E-state index in [4.69, 9.17) is 17.3 Å². The van der Waals surface area contributed by atoms with E-state index in [-0.39, 0.29) is 12.0 Å². The topological polar surface area (TPSA) is 69.1 Å². The van der Waals surface area contributed by atoms with E-state index in [2.05, 4.69) is 29.1 Å². The number of nitrogens with zero attached hydrogens (tertiary/aromatic N) is 4. The molecule has 5 nitrogen and oxygen atoms in total. The SMILES string of the molecule is CC(C)[C@@H](N)c1nnc2n1N=C(c1ccc(Cl)cc1)CS2. The lowest BCUT2D eigenvalue weighted by molar-refractivity contribution is 0.470. The van der Waals surface area contributed by atoms with Crippen molar-refractivity contribution in [2.24, 2.45) is 16.8 Å². The molecule has 1 atom stereocenters. The summed E-state index contributed by atoms with van der Waals surface area (Å²) in [6.45, 7) is 4.12. The third kappa shape index (κ3) is 2.84. The lowest BCUT2D eigenvalue weighted by atomic mass is 10.1. The minimum Gasteiger partial charge on any atom is -0.321 e. The van der Waals surface area contributed by atoms with Crippen molar-refractivity contribution in [1.29, 1.82) is 0 Å². The molecular weight excluding hydrogens is 306 g/mol. The second-order valence-corrected chi connectivity index (χ2v) is 6.64. The van der Waals surface area contributed by atoms with Gasteiger partial charge in [-0.2, -0.15) is 9.78 Å². The van der Waals surface area contributed by atoms with Gasteiger partial charge in [0.1, 0.15) is 0 Å². The van der Waals surface area contributed by atoms with Crippen molar-refractivity contribution in [2.75, 3.05) is 5.75 Å². The summed E-state index contributed by atoms with van der Waals surface area (Å²) in [5, 5.41) is 14.6.